The van der Waals surface area contributed by atoms with Crippen LogP contribution in [0, 0.1) is 20.8 Å². The summed E-state index contributed by atoms with van der Waals surface area (Å²) in [5.41, 5.74) is 4.85. The second-order valence-electron chi connectivity index (χ2n) is 5.35. The van der Waals surface area contributed by atoms with Gasteiger partial charge < -0.3 is 4.42 Å². The molecule has 1 aliphatic carbocycles. The van der Waals surface area contributed by atoms with Gasteiger partial charge in [0.15, 0.2) is 16.6 Å². The third kappa shape index (κ3) is 2.44. The van der Waals surface area contributed by atoms with Crippen molar-refractivity contribution in [2.75, 3.05) is 0 Å². The minimum atomic E-state index is 0.0334. The smallest absolute Gasteiger partial charge is 0.188 e. The van der Waals surface area contributed by atoms with E-state index in [-0.39, 0.29) is 5.43 Å². The average molecular weight is 283 g/mol. The first-order valence-corrected chi connectivity index (χ1v) is 7.15. The Hall–Kier alpha value is -2.16. The molecule has 0 aromatic rings. The summed E-state index contributed by atoms with van der Waals surface area (Å²) in [6.45, 7) is 13.4. The van der Waals surface area contributed by atoms with Crippen LogP contribution in [0.4, 0.5) is 0 Å². The van der Waals surface area contributed by atoms with Crippen LogP contribution in [0.15, 0.2) is 21.9 Å². The highest BCUT2D eigenvalue weighted by molar-refractivity contribution is 5.65. The zero-order valence-electron chi connectivity index (χ0n) is 13.3. The summed E-state index contributed by atoms with van der Waals surface area (Å²) in [6, 6.07) is 0. The van der Waals surface area contributed by atoms with Crippen molar-refractivity contribution in [3.05, 3.63) is 50.3 Å². The molecule has 110 valence electrons. The van der Waals surface area contributed by atoms with Gasteiger partial charge in [-0.1, -0.05) is 19.6 Å². The molecule has 0 atom stereocenters. The molecule has 0 radical (unpaired) electrons. The van der Waals surface area contributed by atoms with E-state index in [2.05, 4.69) is 13.5 Å². The second-order valence-corrected chi connectivity index (χ2v) is 5.35. The van der Waals surface area contributed by atoms with Crippen molar-refractivity contribution in [1.29, 1.82) is 0 Å². The fourth-order valence-corrected chi connectivity index (χ4v) is 2.36. The van der Waals surface area contributed by atoms with Crippen molar-refractivity contribution in [2.24, 2.45) is 0 Å². The lowest BCUT2D eigenvalue weighted by Crippen LogP contribution is -2.32. The van der Waals surface area contributed by atoms with E-state index in [9.17, 15) is 4.79 Å². The number of benzene rings is 1. The summed E-state index contributed by atoms with van der Waals surface area (Å²) < 4.78 is 6.07. The minimum Gasteiger partial charge on any atom is -0.452 e. The van der Waals surface area contributed by atoms with E-state index >= 15 is 0 Å². The fraction of sp³-hybridized carbons (Fsp3) is 0.333. The maximum Gasteiger partial charge on any atom is 0.188 e. The monoisotopic (exact) mass is 283 g/mol. The first-order chi connectivity index (χ1) is 9.92. The maximum absolute atomic E-state index is 12.2. The topological polar surface area (TPSA) is 43.1 Å². The molecule has 0 aromatic carbocycles. The first kappa shape index (κ1) is 15.2. The zero-order valence-corrected chi connectivity index (χ0v) is 13.3. The van der Waals surface area contributed by atoms with Crippen LogP contribution >= 0.6 is 0 Å². The van der Waals surface area contributed by atoms with E-state index in [1.165, 1.54) is 0 Å². The number of hydrogen-bond acceptors (Lipinski definition) is 3. The fourth-order valence-electron chi connectivity index (χ4n) is 2.36. The lowest BCUT2D eigenvalue weighted by molar-refractivity contribution is 0.505. The molecule has 3 heteroatoms. The van der Waals surface area contributed by atoms with Crippen molar-refractivity contribution in [1.82, 2.24) is 4.98 Å². The van der Waals surface area contributed by atoms with Gasteiger partial charge >= 0.3 is 0 Å². The number of nitrogens with zero attached hydrogens (tertiary/aromatic N) is 1. The summed E-state index contributed by atoms with van der Waals surface area (Å²) in [6.07, 6.45) is 4.41. The summed E-state index contributed by atoms with van der Waals surface area (Å²) in [7, 11) is 0. The third-order valence-corrected chi connectivity index (χ3v) is 4.02. The highest BCUT2D eigenvalue weighted by Gasteiger charge is 2.19. The molecule has 0 N–H and O–H groups in total. The molecule has 0 spiro atoms. The van der Waals surface area contributed by atoms with Gasteiger partial charge in [-0.3, -0.25) is 4.79 Å². The van der Waals surface area contributed by atoms with E-state index < -0.39 is 0 Å². The van der Waals surface area contributed by atoms with Gasteiger partial charge in [0, 0.05) is 11.1 Å². The van der Waals surface area contributed by atoms with Gasteiger partial charge in [0.1, 0.15) is 11.0 Å². The zero-order chi connectivity index (χ0) is 15.7. The molecule has 0 bridgehead atoms. The van der Waals surface area contributed by atoms with E-state index in [1.54, 1.807) is 13.0 Å². The quantitative estimate of drug-likeness (QED) is 0.851. The molecule has 1 heterocycles. The Morgan fingerprint density at radius 3 is 2.48 bits per heavy atom. The van der Waals surface area contributed by atoms with Crippen molar-refractivity contribution in [3.63, 3.8) is 0 Å². The molecule has 0 unspecified atom stereocenters. The van der Waals surface area contributed by atoms with Gasteiger partial charge in [0.25, 0.3) is 0 Å². The largest absolute Gasteiger partial charge is 0.452 e. The number of allylic oxidation sites excluding steroid dienone is 1. The summed E-state index contributed by atoms with van der Waals surface area (Å²) in [5.74, 6) is 0.590. The van der Waals surface area contributed by atoms with Gasteiger partial charge in [-0.05, 0) is 51.3 Å². The first-order valence-electron chi connectivity index (χ1n) is 7.15. The van der Waals surface area contributed by atoms with E-state index in [0.717, 1.165) is 39.6 Å². The number of hydrogen-bond donors (Lipinski definition) is 0. The molecule has 0 fully saturated rings. The van der Waals surface area contributed by atoms with Crippen molar-refractivity contribution in [3.8, 4) is 11.5 Å². The SMILES string of the molecule is C=C/C=c1/nc2c(C)c(C)c(=O)c(C)c-2o/c1=C(\C)CC. The van der Waals surface area contributed by atoms with Gasteiger partial charge in [0.2, 0.25) is 0 Å². The van der Waals surface area contributed by atoms with Crippen LogP contribution in [0.3, 0.4) is 0 Å². The Balaban J connectivity index is 3.15. The number of aromatic nitrogens is 1. The van der Waals surface area contributed by atoms with Crippen LogP contribution in [0.1, 0.15) is 37.0 Å². The normalized spacial score (nSPS) is 13.7. The van der Waals surface area contributed by atoms with Crippen molar-refractivity contribution >= 4 is 11.6 Å². The average Bonchev–Trinajstić information content (AvgIpc) is 2.50. The van der Waals surface area contributed by atoms with Crippen LogP contribution in [0.5, 0.6) is 0 Å². The molecule has 3 nitrogen and oxygen atoms in total. The van der Waals surface area contributed by atoms with Crippen LogP contribution < -0.4 is 16.2 Å². The molecule has 2 rings (SSSR count). The molecular formula is C18H21NO2. The van der Waals surface area contributed by atoms with E-state index in [0.29, 0.717) is 11.3 Å². The molecular weight excluding hydrogens is 262 g/mol. The molecule has 2 aliphatic rings. The van der Waals surface area contributed by atoms with Crippen LogP contribution in [0.25, 0.3) is 23.1 Å². The predicted molar refractivity (Wildman–Crippen MR) is 86.9 cm³/mol. The summed E-state index contributed by atoms with van der Waals surface area (Å²) in [5, 5.41) is 0.761. The molecule has 1 aliphatic heterocycles. The van der Waals surface area contributed by atoms with Gasteiger partial charge in [-0.2, -0.15) is 0 Å². The summed E-state index contributed by atoms with van der Waals surface area (Å²) >= 11 is 0. The Bertz CT molecular complexity index is 856. The maximum atomic E-state index is 12.2. The lowest BCUT2D eigenvalue weighted by atomic mass is 9.99. The highest BCUT2D eigenvalue weighted by atomic mass is 16.3. The third-order valence-electron chi connectivity index (χ3n) is 4.02. The van der Waals surface area contributed by atoms with Crippen LogP contribution in [-0.2, 0) is 0 Å². The Labute approximate surface area is 124 Å². The molecule has 21 heavy (non-hydrogen) atoms. The molecule has 0 saturated carbocycles. The number of rotatable bonds is 2. The van der Waals surface area contributed by atoms with Gasteiger partial charge in [0.05, 0.1) is 0 Å². The highest BCUT2D eigenvalue weighted by Crippen LogP contribution is 2.24. The van der Waals surface area contributed by atoms with Gasteiger partial charge in [-0.25, -0.2) is 4.98 Å². The lowest BCUT2D eigenvalue weighted by Gasteiger charge is -2.13. The van der Waals surface area contributed by atoms with Crippen molar-refractivity contribution < 1.29 is 4.42 Å². The van der Waals surface area contributed by atoms with Crippen LogP contribution in [0.2, 0.25) is 0 Å². The molecule has 0 aromatic heterocycles. The van der Waals surface area contributed by atoms with E-state index in [4.69, 9.17) is 9.40 Å². The minimum absolute atomic E-state index is 0.0334. The van der Waals surface area contributed by atoms with Crippen molar-refractivity contribution in [2.45, 2.75) is 41.0 Å². The van der Waals surface area contributed by atoms with Crippen LogP contribution in [-0.4, -0.2) is 4.98 Å². The molecule has 0 saturated heterocycles. The predicted octanol–water partition coefficient (Wildman–Crippen LogP) is 2.61. The second kappa shape index (κ2) is 5.68. The summed E-state index contributed by atoms with van der Waals surface area (Å²) in [4.78, 5) is 17.0. The Morgan fingerprint density at radius 1 is 1.24 bits per heavy atom. The van der Waals surface area contributed by atoms with E-state index in [1.807, 2.05) is 26.8 Å². The standard InChI is InChI=1S/C18H21NO2/c1-7-9-14-17(10(3)8-2)21-18-13(6)16(20)12(5)11(4)15(18)19-14/h7,9H,1,8H2,2-6H3/b14-9+,17-10+. The Kier molecular flexibility index (Phi) is 4.12. The molecule has 0 amide bonds. The Morgan fingerprint density at radius 2 is 1.90 bits per heavy atom. The van der Waals surface area contributed by atoms with Gasteiger partial charge in [-0.15, -0.1) is 0 Å². The number of fused-ring (bicyclic) bond motifs is 1.